The van der Waals surface area contributed by atoms with E-state index in [0.29, 0.717) is 24.9 Å². The summed E-state index contributed by atoms with van der Waals surface area (Å²) >= 11 is 0. The predicted molar refractivity (Wildman–Crippen MR) is 134 cm³/mol. The van der Waals surface area contributed by atoms with Gasteiger partial charge in [-0.3, -0.25) is 4.99 Å². The van der Waals surface area contributed by atoms with Crippen molar-refractivity contribution in [2.24, 2.45) is 10.9 Å². The lowest BCUT2D eigenvalue weighted by Crippen LogP contribution is -2.36. The van der Waals surface area contributed by atoms with E-state index in [2.05, 4.69) is 45.7 Å². The minimum absolute atomic E-state index is 0. The van der Waals surface area contributed by atoms with Gasteiger partial charge in [-0.1, -0.05) is 35.9 Å². The molecule has 0 bridgehead atoms. The van der Waals surface area contributed by atoms with Crippen molar-refractivity contribution in [2.45, 2.75) is 32.9 Å². The van der Waals surface area contributed by atoms with E-state index < -0.39 is 0 Å². The van der Waals surface area contributed by atoms with Crippen molar-refractivity contribution >= 4 is 29.9 Å². The van der Waals surface area contributed by atoms with E-state index in [1.807, 2.05) is 30.3 Å². The lowest BCUT2D eigenvalue weighted by Gasteiger charge is -2.14. The Morgan fingerprint density at radius 2 is 1.84 bits per heavy atom. The molecule has 2 N–H and O–H groups in total. The number of aryl methyl sites for hydroxylation is 1. The van der Waals surface area contributed by atoms with Gasteiger partial charge in [0.15, 0.2) is 5.96 Å². The quantitative estimate of drug-likeness (QED) is 0.245. The molecule has 1 heterocycles. The first kappa shape index (κ1) is 23.1. The first-order chi connectivity index (χ1) is 14.7. The molecular weight excluding hydrogens is 503 g/mol. The van der Waals surface area contributed by atoms with Gasteiger partial charge in [0.25, 0.3) is 0 Å². The van der Waals surface area contributed by atoms with Crippen LogP contribution in [0.4, 0.5) is 0 Å². The number of halogens is 1. The van der Waals surface area contributed by atoms with Crippen LogP contribution in [0.1, 0.15) is 29.7 Å². The Kier molecular flexibility index (Phi) is 8.34. The maximum Gasteiger partial charge on any atom is 0.226 e. The SMILES string of the molecule is CN=C(NCc1coc(-c2ccc(C)cc2)n1)NCc1ccccc1OCC1CC1.I. The molecule has 1 aliphatic rings. The van der Waals surface area contributed by atoms with Gasteiger partial charge in [-0.25, -0.2) is 4.98 Å². The van der Waals surface area contributed by atoms with Crippen molar-refractivity contribution in [3.63, 3.8) is 0 Å². The lowest BCUT2D eigenvalue weighted by atomic mass is 10.1. The van der Waals surface area contributed by atoms with Crippen LogP contribution in [0.15, 0.2) is 64.2 Å². The standard InChI is InChI=1S/C24H28N4O2.HI/c1-17-7-11-19(12-8-17)23-28-21(16-30-23)14-27-24(25-2)26-13-20-5-3-4-6-22(20)29-15-18-9-10-18;/h3-8,11-12,16,18H,9-10,13-15H2,1-2H3,(H2,25,26,27);1H. The summed E-state index contributed by atoms with van der Waals surface area (Å²) in [4.78, 5) is 8.87. The highest BCUT2D eigenvalue weighted by molar-refractivity contribution is 14.0. The third-order valence-electron chi connectivity index (χ3n) is 5.10. The average molecular weight is 532 g/mol. The minimum Gasteiger partial charge on any atom is -0.493 e. The zero-order valence-electron chi connectivity index (χ0n) is 17.9. The second-order valence-electron chi connectivity index (χ2n) is 7.65. The zero-order chi connectivity index (χ0) is 20.8. The van der Waals surface area contributed by atoms with Crippen molar-refractivity contribution in [3.8, 4) is 17.2 Å². The molecule has 0 saturated heterocycles. The number of hydrogen-bond donors (Lipinski definition) is 2. The molecular formula is C24H29IN4O2. The van der Waals surface area contributed by atoms with Crippen molar-refractivity contribution < 1.29 is 9.15 Å². The molecule has 7 heteroatoms. The van der Waals surface area contributed by atoms with Crippen molar-refractivity contribution in [1.29, 1.82) is 0 Å². The summed E-state index contributed by atoms with van der Waals surface area (Å²) in [7, 11) is 1.76. The number of rotatable bonds is 8. The molecule has 0 radical (unpaired) electrons. The van der Waals surface area contributed by atoms with Gasteiger partial charge in [0, 0.05) is 24.7 Å². The Hall–Kier alpha value is -2.55. The van der Waals surface area contributed by atoms with Crippen LogP contribution >= 0.6 is 24.0 Å². The molecule has 31 heavy (non-hydrogen) atoms. The van der Waals surface area contributed by atoms with Gasteiger partial charge >= 0.3 is 0 Å². The Morgan fingerprint density at radius 3 is 2.58 bits per heavy atom. The normalized spacial score (nSPS) is 13.4. The van der Waals surface area contributed by atoms with Crippen LogP contribution in [0.2, 0.25) is 0 Å². The third-order valence-corrected chi connectivity index (χ3v) is 5.10. The van der Waals surface area contributed by atoms with E-state index in [4.69, 9.17) is 9.15 Å². The number of nitrogens with one attached hydrogen (secondary N) is 2. The second kappa shape index (κ2) is 11.2. The van der Waals surface area contributed by atoms with Gasteiger partial charge < -0.3 is 19.8 Å². The Morgan fingerprint density at radius 1 is 1.10 bits per heavy atom. The van der Waals surface area contributed by atoms with E-state index in [-0.39, 0.29) is 24.0 Å². The van der Waals surface area contributed by atoms with Gasteiger partial charge in [-0.05, 0) is 43.9 Å². The molecule has 0 atom stereocenters. The fraction of sp³-hybridized carbons (Fsp3) is 0.333. The largest absolute Gasteiger partial charge is 0.493 e. The van der Waals surface area contributed by atoms with Gasteiger partial charge in [0.1, 0.15) is 12.0 Å². The smallest absolute Gasteiger partial charge is 0.226 e. The number of oxazole rings is 1. The Bertz CT molecular complexity index is 997. The van der Waals surface area contributed by atoms with Crippen LogP contribution < -0.4 is 15.4 Å². The van der Waals surface area contributed by atoms with Crippen LogP contribution in [0.3, 0.4) is 0 Å². The summed E-state index contributed by atoms with van der Waals surface area (Å²) in [6.45, 7) is 4.02. The number of aromatic nitrogens is 1. The van der Waals surface area contributed by atoms with Crippen LogP contribution in [-0.4, -0.2) is 24.6 Å². The summed E-state index contributed by atoms with van der Waals surface area (Å²) in [6, 6.07) is 16.3. The van der Waals surface area contributed by atoms with E-state index >= 15 is 0 Å². The number of para-hydroxylation sites is 1. The van der Waals surface area contributed by atoms with E-state index in [1.54, 1.807) is 13.3 Å². The number of hydrogen-bond acceptors (Lipinski definition) is 4. The molecule has 3 aromatic rings. The molecule has 0 unspecified atom stereocenters. The van der Waals surface area contributed by atoms with Crippen LogP contribution in [0.25, 0.3) is 11.5 Å². The molecule has 6 nitrogen and oxygen atoms in total. The fourth-order valence-corrected chi connectivity index (χ4v) is 3.07. The molecule has 164 valence electrons. The maximum absolute atomic E-state index is 5.99. The minimum atomic E-state index is 0. The van der Waals surface area contributed by atoms with E-state index in [9.17, 15) is 0 Å². The fourth-order valence-electron chi connectivity index (χ4n) is 3.07. The van der Waals surface area contributed by atoms with Gasteiger partial charge in [-0.15, -0.1) is 24.0 Å². The predicted octanol–water partition coefficient (Wildman–Crippen LogP) is 4.92. The summed E-state index contributed by atoms with van der Waals surface area (Å²) in [5.41, 5.74) is 4.12. The summed E-state index contributed by atoms with van der Waals surface area (Å²) in [6.07, 6.45) is 4.24. The van der Waals surface area contributed by atoms with Crippen molar-refractivity contribution in [3.05, 3.63) is 71.6 Å². The number of nitrogens with zero attached hydrogens (tertiary/aromatic N) is 2. The van der Waals surface area contributed by atoms with Gasteiger partial charge in [0.05, 0.1) is 18.8 Å². The molecule has 1 aromatic heterocycles. The summed E-state index contributed by atoms with van der Waals surface area (Å²) in [5, 5.41) is 6.63. The number of aliphatic imine (C=N–C) groups is 1. The third kappa shape index (κ3) is 6.72. The first-order valence-electron chi connectivity index (χ1n) is 10.4. The van der Waals surface area contributed by atoms with E-state index in [0.717, 1.165) is 35.1 Å². The summed E-state index contributed by atoms with van der Waals surface area (Å²) < 4.78 is 11.6. The van der Waals surface area contributed by atoms with Crippen LogP contribution in [-0.2, 0) is 13.1 Å². The highest BCUT2D eigenvalue weighted by Crippen LogP contribution is 2.30. The monoisotopic (exact) mass is 532 g/mol. The second-order valence-corrected chi connectivity index (χ2v) is 7.65. The number of ether oxygens (including phenoxy) is 1. The van der Waals surface area contributed by atoms with Crippen molar-refractivity contribution in [2.75, 3.05) is 13.7 Å². The van der Waals surface area contributed by atoms with E-state index in [1.165, 1.54) is 18.4 Å². The number of benzene rings is 2. The van der Waals surface area contributed by atoms with Crippen LogP contribution in [0.5, 0.6) is 5.75 Å². The van der Waals surface area contributed by atoms with Gasteiger partial charge in [-0.2, -0.15) is 0 Å². The highest BCUT2D eigenvalue weighted by Gasteiger charge is 2.22. The average Bonchev–Trinajstić information content (AvgIpc) is 3.49. The van der Waals surface area contributed by atoms with Crippen LogP contribution in [0, 0.1) is 12.8 Å². The summed E-state index contributed by atoms with van der Waals surface area (Å²) in [5.74, 6) is 2.99. The first-order valence-corrected chi connectivity index (χ1v) is 10.4. The Balaban J connectivity index is 0.00000272. The topological polar surface area (TPSA) is 71.7 Å². The molecule has 1 saturated carbocycles. The zero-order valence-corrected chi connectivity index (χ0v) is 20.3. The molecule has 4 rings (SSSR count). The molecule has 0 aliphatic heterocycles. The number of guanidine groups is 1. The molecule has 0 amide bonds. The molecule has 1 aliphatic carbocycles. The highest BCUT2D eigenvalue weighted by atomic mass is 127. The van der Waals surface area contributed by atoms with Crippen molar-refractivity contribution in [1.82, 2.24) is 15.6 Å². The lowest BCUT2D eigenvalue weighted by molar-refractivity contribution is 0.296. The molecule has 2 aromatic carbocycles. The molecule has 0 spiro atoms. The molecule has 1 fully saturated rings. The Labute approximate surface area is 200 Å². The maximum atomic E-state index is 5.99. The van der Waals surface area contributed by atoms with Gasteiger partial charge in [0.2, 0.25) is 5.89 Å².